The van der Waals surface area contributed by atoms with Gasteiger partial charge in [0.25, 0.3) is 0 Å². The third-order valence-electron chi connectivity index (χ3n) is 4.38. The van der Waals surface area contributed by atoms with Gasteiger partial charge in [0.05, 0.1) is 0 Å². The smallest absolute Gasteiger partial charge is 0.451 e. The lowest BCUT2D eigenvalue weighted by atomic mass is 9.65. The van der Waals surface area contributed by atoms with Crippen molar-refractivity contribution in [3.8, 4) is 0 Å². The number of carboxylic acids is 1. The van der Waals surface area contributed by atoms with E-state index in [1.807, 2.05) is 6.92 Å². The van der Waals surface area contributed by atoms with E-state index in [4.69, 9.17) is 10.0 Å². The first-order valence-corrected chi connectivity index (χ1v) is 6.74. The molecule has 1 fully saturated rings. The molecule has 0 bridgehead atoms. The van der Waals surface area contributed by atoms with Gasteiger partial charge in [-0.3, -0.25) is 4.79 Å². The van der Waals surface area contributed by atoms with Gasteiger partial charge in [-0.15, -0.1) is 0 Å². The van der Waals surface area contributed by atoms with Crippen molar-refractivity contribution in [3.63, 3.8) is 0 Å². The summed E-state index contributed by atoms with van der Waals surface area (Å²) in [4.78, 5) is 11.6. The molecule has 0 saturated heterocycles. The average Bonchev–Trinajstić information content (AvgIpc) is 2.35. The van der Waals surface area contributed by atoms with Gasteiger partial charge in [-0.1, -0.05) is 26.2 Å². The molecular weight excluding hydrogens is 233 g/mol. The monoisotopic (exact) mass is 257 g/mol. The zero-order chi connectivity index (χ0) is 13.8. The summed E-state index contributed by atoms with van der Waals surface area (Å²) in [6.45, 7) is 2.03. The summed E-state index contributed by atoms with van der Waals surface area (Å²) >= 11 is 0. The van der Waals surface area contributed by atoms with Crippen LogP contribution in [0.1, 0.15) is 39.0 Å². The Kier molecular flexibility index (Phi) is 5.62. The van der Waals surface area contributed by atoms with E-state index in [0.29, 0.717) is 19.2 Å². The minimum absolute atomic E-state index is 0.148. The minimum Gasteiger partial charge on any atom is -0.480 e. The predicted octanol–water partition coefficient (Wildman–Crippen LogP) is 0.718. The Morgan fingerprint density at radius 1 is 1.44 bits per heavy atom. The molecule has 104 valence electrons. The van der Waals surface area contributed by atoms with Crippen LogP contribution in [0.15, 0.2) is 0 Å². The lowest BCUT2D eigenvalue weighted by Gasteiger charge is -2.43. The highest BCUT2D eigenvalue weighted by Crippen LogP contribution is 2.40. The SMILES string of the molecule is CC[C@@H]1CC[C@@H](CCB(O)O)C[C@]1(NC)C(=O)O. The Hall–Kier alpha value is -0.585. The number of nitrogens with one attached hydrogen (secondary N) is 1. The van der Waals surface area contributed by atoms with Gasteiger partial charge in [-0.05, 0) is 38.0 Å². The van der Waals surface area contributed by atoms with Crippen LogP contribution >= 0.6 is 0 Å². The van der Waals surface area contributed by atoms with Crippen molar-refractivity contribution in [2.75, 3.05) is 7.05 Å². The fourth-order valence-electron chi connectivity index (χ4n) is 3.27. The van der Waals surface area contributed by atoms with Crippen molar-refractivity contribution >= 4 is 13.1 Å². The molecule has 1 aliphatic carbocycles. The quantitative estimate of drug-likeness (QED) is 0.526. The summed E-state index contributed by atoms with van der Waals surface area (Å²) < 4.78 is 0. The number of likely N-dealkylation sites (N-methyl/N-ethyl adjacent to an activating group) is 1. The maximum absolute atomic E-state index is 11.6. The summed E-state index contributed by atoms with van der Waals surface area (Å²) in [6.07, 6.45) is 4.27. The van der Waals surface area contributed by atoms with E-state index >= 15 is 0 Å². The van der Waals surface area contributed by atoms with Gasteiger partial charge >= 0.3 is 13.1 Å². The Morgan fingerprint density at radius 3 is 2.56 bits per heavy atom. The summed E-state index contributed by atoms with van der Waals surface area (Å²) in [6, 6.07) is 0. The molecule has 0 amide bonds. The molecule has 1 rings (SSSR count). The molecule has 0 heterocycles. The van der Waals surface area contributed by atoms with Gasteiger partial charge in [0, 0.05) is 0 Å². The molecule has 0 aromatic rings. The number of carbonyl (C=O) groups is 1. The predicted molar refractivity (Wildman–Crippen MR) is 70.2 cm³/mol. The Labute approximate surface area is 109 Å². The highest BCUT2D eigenvalue weighted by molar-refractivity contribution is 6.40. The maximum Gasteiger partial charge on any atom is 0.451 e. The van der Waals surface area contributed by atoms with Crippen LogP contribution in [0.5, 0.6) is 0 Å². The standard InChI is InChI=1S/C12H24BNO4/c1-3-10-5-4-9(6-7-13(17)18)8-12(10,14-2)11(15)16/h9-10,14,17-18H,3-8H2,1-2H3,(H,15,16)/t9-,10+,12+/m0/s1. The second-order valence-electron chi connectivity index (χ2n) is 5.34. The van der Waals surface area contributed by atoms with Gasteiger partial charge in [0.1, 0.15) is 5.54 Å². The normalized spacial score (nSPS) is 32.2. The van der Waals surface area contributed by atoms with E-state index in [-0.39, 0.29) is 11.8 Å². The van der Waals surface area contributed by atoms with Crippen molar-refractivity contribution in [1.82, 2.24) is 5.32 Å². The van der Waals surface area contributed by atoms with E-state index in [2.05, 4.69) is 5.32 Å². The lowest BCUT2D eigenvalue weighted by molar-refractivity contribution is -0.150. The topological polar surface area (TPSA) is 89.8 Å². The minimum atomic E-state index is -1.29. The Balaban J connectivity index is 2.74. The lowest BCUT2D eigenvalue weighted by Crippen LogP contribution is -2.59. The van der Waals surface area contributed by atoms with E-state index in [9.17, 15) is 9.90 Å². The first-order chi connectivity index (χ1) is 8.46. The first kappa shape index (κ1) is 15.5. The molecule has 1 saturated carbocycles. The number of aliphatic carboxylic acids is 1. The molecular formula is C12H24BNO4. The summed E-state index contributed by atoms with van der Waals surface area (Å²) in [5.74, 6) is -0.389. The fraction of sp³-hybridized carbons (Fsp3) is 0.917. The maximum atomic E-state index is 11.6. The molecule has 0 unspecified atom stereocenters. The van der Waals surface area contributed by atoms with Gasteiger partial charge in [0.15, 0.2) is 0 Å². The third-order valence-corrected chi connectivity index (χ3v) is 4.38. The van der Waals surface area contributed by atoms with E-state index in [1.54, 1.807) is 7.05 Å². The Bertz CT molecular complexity index is 287. The summed E-state index contributed by atoms with van der Waals surface area (Å²) in [7, 11) is 0.419. The largest absolute Gasteiger partial charge is 0.480 e. The number of hydrogen-bond acceptors (Lipinski definition) is 4. The molecule has 0 aromatic heterocycles. The van der Waals surface area contributed by atoms with E-state index < -0.39 is 18.6 Å². The molecule has 0 aromatic carbocycles. The molecule has 4 N–H and O–H groups in total. The van der Waals surface area contributed by atoms with Crippen molar-refractivity contribution in [2.24, 2.45) is 11.8 Å². The highest BCUT2D eigenvalue weighted by Gasteiger charge is 2.47. The average molecular weight is 257 g/mol. The number of hydrogen-bond donors (Lipinski definition) is 4. The molecule has 18 heavy (non-hydrogen) atoms. The van der Waals surface area contributed by atoms with E-state index in [1.165, 1.54) is 0 Å². The van der Waals surface area contributed by atoms with E-state index in [0.717, 1.165) is 19.3 Å². The van der Waals surface area contributed by atoms with Crippen LogP contribution in [0.25, 0.3) is 0 Å². The molecule has 0 aliphatic heterocycles. The summed E-state index contributed by atoms with van der Waals surface area (Å²) in [5, 5.41) is 30.3. The molecule has 0 radical (unpaired) electrons. The zero-order valence-electron chi connectivity index (χ0n) is 11.2. The van der Waals surface area contributed by atoms with Crippen LogP contribution in [-0.2, 0) is 4.79 Å². The Morgan fingerprint density at radius 2 is 2.11 bits per heavy atom. The van der Waals surface area contributed by atoms with Crippen molar-refractivity contribution in [3.05, 3.63) is 0 Å². The zero-order valence-corrected chi connectivity index (χ0v) is 11.2. The second-order valence-corrected chi connectivity index (χ2v) is 5.34. The van der Waals surface area contributed by atoms with Crippen LogP contribution in [0, 0.1) is 11.8 Å². The van der Waals surface area contributed by atoms with Crippen LogP contribution < -0.4 is 5.32 Å². The van der Waals surface area contributed by atoms with Gasteiger partial charge < -0.3 is 20.5 Å². The summed E-state index contributed by atoms with van der Waals surface area (Å²) in [5.41, 5.74) is -0.849. The van der Waals surface area contributed by atoms with Crippen molar-refractivity contribution < 1.29 is 19.9 Å². The van der Waals surface area contributed by atoms with Crippen LogP contribution in [0.2, 0.25) is 6.32 Å². The number of rotatable bonds is 6. The molecule has 1 aliphatic rings. The van der Waals surface area contributed by atoms with Gasteiger partial charge in [-0.2, -0.15) is 0 Å². The molecule has 5 nitrogen and oxygen atoms in total. The van der Waals surface area contributed by atoms with Crippen LogP contribution in [0.4, 0.5) is 0 Å². The van der Waals surface area contributed by atoms with Crippen LogP contribution in [-0.4, -0.2) is 40.8 Å². The molecule has 0 spiro atoms. The first-order valence-electron chi connectivity index (χ1n) is 6.74. The highest BCUT2D eigenvalue weighted by atomic mass is 16.4. The van der Waals surface area contributed by atoms with Crippen molar-refractivity contribution in [2.45, 2.75) is 50.9 Å². The number of carboxylic acid groups (broad SMARTS) is 1. The van der Waals surface area contributed by atoms with Crippen LogP contribution in [0.3, 0.4) is 0 Å². The van der Waals surface area contributed by atoms with Crippen molar-refractivity contribution in [1.29, 1.82) is 0 Å². The second kappa shape index (κ2) is 6.54. The van der Waals surface area contributed by atoms with Gasteiger partial charge in [0.2, 0.25) is 0 Å². The van der Waals surface area contributed by atoms with Gasteiger partial charge in [-0.25, -0.2) is 0 Å². The fourth-order valence-corrected chi connectivity index (χ4v) is 3.27. The molecule has 3 atom stereocenters. The molecule has 6 heteroatoms. The third kappa shape index (κ3) is 3.25.